The second-order valence-electron chi connectivity index (χ2n) is 5.62. The first-order valence-electron chi connectivity index (χ1n) is 7.54. The number of nitrogens with one attached hydrogen (secondary N) is 1. The maximum Gasteiger partial charge on any atom is 0.436 e. The molecule has 142 valence electrons. The van der Waals surface area contributed by atoms with Crippen molar-refractivity contribution in [3.05, 3.63) is 63.0 Å². The maximum atomic E-state index is 12.9. The summed E-state index contributed by atoms with van der Waals surface area (Å²) in [6.07, 6.45) is -3.04. The van der Waals surface area contributed by atoms with Crippen LogP contribution in [0.4, 0.5) is 19.0 Å². The van der Waals surface area contributed by atoms with Crippen molar-refractivity contribution >= 4 is 39.3 Å². The van der Waals surface area contributed by atoms with Gasteiger partial charge in [0.2, 0.25) is 0 Å². The number of rotatable bonds is 4. The SMILES string of the molecule is Cn1nc(C(F)(F)F)c(Br)c1C(=O)Nc1ccn(Cc2cccc(Cl)c2)n1. The number of hydrogen-bond acceptors (Lipinski definition) is 3. The summed E-state index contributed by atoms with van der Waals surface area (Å²) < 4.78 is 40.7. The van der Waals surface area contributed by atoms with Gasteiger partial charge in [-0.25, -0.2) is 0 Å². The van der Waals surface area contributed by atoms with Gasteiger partial charge in [0.15, 0.2) is 11.5 Å². The molecule has 0 saturated carbocycles. The smallest absolute Gasteiger partial charge is 0.304 e. The third-order valence-electron chi connectivity index (χ3n) is 3.59. The zero-order valence-corrected chi connectivity index (χ0v) is 16.1. The van der Waals surface area contributed by atoms with Crippen LogP contribution in [0.2, 0.25) is 5.02 Å². The summed E-state index contributed by atoms with van der Waals surface area (Å²) in [5, 5.41) is 10.6. The molecule has 2 aromatic heterocycles. The summed E-state index contributed by atoms with van der Waals surface area (Å²) in [6, 6.07) is 8.75. The third-order valence-corrected chi connectivity index (χ3v) is 4.58. The van der Waals surface area contributed by atoms with Crippen LogP contribution in [-0.2, 0) is 19.8 Å². The molecular weight excluding hydrogens is 451 g/mol. The minimum Gasteiger partial charge on any atom is -0.304 e. The predicted octanol–water partition coefficient (Wildman–Crippen LogP) is 4.35. The van der Waals surface area contributed by atoms with E-state index in [1.54, 1.807) is 23.0 Å². The lowest BCUT2D eigenvalue weighted by atomic mass is 10.2. The Morgan fingerprint density at radius 3 is 2.67 bits per heavy atom. The summed E-state index contributed by atoms with van der Waals surface area (Å²) >= 11 is 8.74. The molecular formula is C16H12BrClF3N5O. The highest BCUT2D eigenvalue weighted by Gasteiger charge is 2.39. The lowest BCUT2D eigenvalue weighted by molar-refractivity contribution is -0.142. The van der Waals surface area contributed by atoms with Gasteiger partial charge in [-0.05, 0) is 33.6 Å². The van der Waals surface area contributed by atoms with Crippen LogP contribution in [0.15, 0.2) is 41.0 Å². The number of aromatic nitrogens is 4. The lowest BCUT2D eigenvalue weighted by Crippen LogP contribution is -2.17. The van der Waals surface area contributed by atoms with Crippen molar-refractivity contribution in [1.82, 2.24) is 19.6 Å². The molecule has 27 heavy (non-hydrogen) atoms. The Labute approximate surface area is 165 Å². The van der Waals surface area contributed by atoms with Gasteiger partial charge in [-0.3, -0.25) is 14.2 Å². The summed E-state index contributed by atoms with van der Waals surface area (Å²) in [4.78, 5) is 12.4. The molecule has 3 aromatic rings. The lowest BCUT2D eigenvalue weighted by Gasteiger charge is -2.04. The third kappa shape index (κ3) is 4.33. The minimum absolute atomic E-state index is 0.198. The summed E-state index contributed by atoms with van der Waals surface area (Å²) in [7, 11) is 1.26. The highest BCUT2D eigenvalue weighted by Crippen LogP contribution is 2.35. The van der Waals surface area contributed by atoms with Crippen LogP contribution in [0.1, 0.15) is 21.7 Å². The molecule has 2 heterocycles. The Kier molecular flexibility index (Phi) is 5.29. The second-order valence-corrected chi connectivity index (χ2v) is 6.84. The fraction of sp³-hybridized carbons (Fsp3) is 0.188. The Balaban J connectivity index is 1.76. The van der Waals surface area contributed by atoms with Crippen LogP contribution in [0, 0.1) is 0 Å². The molecule has 0 radical (unpaired) electrons. The van der Waals surface area contributed by atoms with Crippen molar-refractivity contribution in [2.24, 2.45) is 7.05 Å². The Morgan fingerprint density at radius 1 is 1.30 bits per heavy atom. The number of anilines is 1. The second kappa shape index (κ2) is 7.35. The van der Waals surface area contributed by atoms with Crippen molar-refractivity contribution in [1.29, 1.82) is 0 Å². The molecule has 0 spiro atoms. The molecule has 0 unspecified atom stereocenters. The van der Waals surface area contributed by atoms with Gasteiger partial charge in [0.25, 0.3) is 5.91 Å². The number of carbonyl (C=O) groups is 1. The maximum absolute atomic E-state index is 12.9. The quantitative estimate of drug-likeness (QED) is 0.627. The van der Waals surface area contributed by atoms with Crippen LogP contribution >= 0.6 is 27.5 Å². The van der Waals surface area contributed by atoms with E-state index in [1.165, 1.54) is 13.1 Å². The van der Waals surface area contributed by atoms with E-state index in [4.69, 9.17) is 11.6 Å². The van der Waals surface area contributed by atoms with Crippen molar-refractivity contribution in [3.8, 4) is 0 Å². The van der Waals surface area contributed by atoms with Gasteiger partial charge >= 0.3 is 6.18 Å². The number of amides is 1. The average molecular weight is 463 g/mol. The van der Waals surface area contributed by atoms with Crippen LogP contribution in [0.5, 0.6) is 0 Å². The zero-order valence-electron chi connectivity index (χ0n) is 13.8. The fourth-order valence-electron chi connectivity index (χ4n) is 2.44. The number of benzene rings is 1. The standard InChI is InChI=1S/C16H12BrClF3N5O/c1-25-13(12(17)14(24-25)16(19,20)21)15(27)22-11-5-6-26(23-11)8-9-3-2-4-10(18)7-9/h2-7H,8H2,1H3,(H,22,23,27). The molecule has 0 aliphatic rings. The van der Waals surface area contributed by atoms with E-state index in [0.29, 0.717) is 11.6 Å². The average Bonchev–Trinajstić information content (AvgIpc) is 3.10. The molecule has 0 fully saturated rings. The van der Waals surface area contributed by atoms with E-state index >= 15 is 0 Å². The van der Waals surface area contributed by atoms with Gasteiger partial charge in [-0.1, -0.05) is 23.7 Å². The molecule has 0 bridgehead atoms. The molecule has 0 aliphatic heterocycles. The number of alkyl halides is 3. The molecule has 3 rings (SSSR count). The number of halogens is 5. The summed E-state index contributed by atoms with van der Waals surface area (Å²) in [5.41, 5.74) is -0.513. The molecule has 0 saturated heterocycles. The van der Waals surface area contributed by atoms with Crippen molar-refractivity contribution in [2.45, 2.75) is 12.7 Å². The summed E-state index contributed by atoms with van der Waals surface area (Å²) in [5.74, 6) is -0.566. The van der Waals surface area contributed by atoms with E-state index in [9.17, 15) is 18.0 Å². The first-order chi connectivity index (χ1) is 12.6. The molecule has 1 N–H and O–H groups in total. The largest absolute Gasteiger partial charge is 0.436 e. The normalized spacial score (nSPS) is 11.6. The first-order valence-corrected chi connectivity index (χ1v) is 8.71. The highest BCUT2D eigenvalue weighted by molar-refractivity contribution is 9.10. The van der Waals surface area contributed by atoms with Crippen molar-refractivity contribution in [2.75, 3.05) is 5.32 Å². The number of nitrogens with zero attached hydrogens (tertiary/aromatic N) is 4. The first kappa shape index (κ1) is 19.4. The summed E-state index contributed by atoms with van der Waals surface area (Å²) in [6.45, 7) is 0.421. The van der Waals surface area contributed by atoms with Gasteiger partial charge in [0, 0.05) is 24.3 Å². The topological polar surface area (TPSA) is 64.7 Å². The number of aryl methyl sites for hydroxylation is 1. The van der Waals surface area contributed by atoms with Crippen molar-refractivity contribution in [3.63, 3.8) is 0 Å². The van der Waals surface area contributed by atoms with E-state index in [1.807, 2.05) is 12.1 Å². The molecule has 6 nitrogen and oxygen atoms in total. The zero-order chi connectivity index (χ0) is 19.8. The van der Waals surface area contributed by atoms with Crippen LogP contribution < -0.4 is 5.32 Å². The monoisotopic (exact) mass is 461 g/mol. The Hall–Kier alpha value is -2.33. The van der Waals surface area contributed by atoms with Gasteiger partial charge in [0.05, 0.1) is 11.0 Å². The molecule has 0 atom stereocenters. The fourth-order valence-corrected chi connectivity index (χ4v) is 3.39. The van der Waals surface area contributed by atoms with Crippen LogP contribution in [-0.4, -0.2) is 25.5 Å². The Bertz CT molecular complexity index is 998. The van der Waals surface area contributed by atoms with E-state index in [-0.39, 0.29) is 11.5 Å². The van der Waals surface area contributed by atoms with Gasteiger partial charge in [-0.2, -0.15) is 23.4 Å². The minimum atomic E-state index is -4.67. The molecule has 1 aromatic carbocycles. The van der Waals surface area contributed by atoms with E-state index in [0.717, 1.165) is 10.2 Å². The predicted molar refractivity (Wildman–Crippen MR) is 96.6 cm³/mol. The molecule has 1 amide bonds. The van der Waals surface area contributed by atoms with Crippen LogP contribution in [0.25, 0.3) is 0 Å². The van der Waals surface area contributed by atoms with Crippen LogP contribution in [0.3, 0.4) is 0 Å². The number of hydrogen-bond donors (Lipinski definition) is 1. The molecule has 0 aliphatic carbocycles. The van der Waals surface area contributed by atoms with Gasteiger partial charge in [-0.15, -0.1) is 0 Å². The van der Waals surface area contributed by atoms with E-state index < -0.39 is 22.3 Å². The van der Waals surface area contributed by atoms with Gasteiger partial charge in [0.1, 0.15) is 5.69 Å². The Morgan fingerprint density at radius 2 is 2.04 bits per heavy atom. The van der Waals surface area contributed by atoms with E-state index in [2.05, 4.69) is 31.4 Å². The number of carbonyl (C=O) groups excluding carboxylic acids is 1. The van der Waals surface area contributed by atoms with Gasteiger partial charge < -0.3 is 5.32 Å². The van der Waals surface area contributed by atoms with Crippen molar-refractivity contribution < 1.29 is 18.0 Å². The highest BCUT2D eigenvalue weighted by atomic mass is 79.9. The molecule has 11 heteroatoms.